The minimum Gasteiger partial charge on any atom is -0.394 e. The lowest BCUT2D eigenvalue weighted by atomic mass is 10.1. The summed E-state index contributed by atoms with van der Waals surface area (Å²) in [6.07, 6.45) is -2.73. The smallest absolute Gasteiger partial charge is 0.184 e. The zero-order valence-electron chi connectivity index (χ0n) is 11.5. The van der Waals surface area contributed by atoms with E-state index in [1.165, 1.54) is 0 Å². The van der Waals surface area contributed by atoms with Crippen LogP contribution < -0.4 is 0 Å². The van der Waals surface area contributed by atoms with Crippen molar-refractivity contribution in [3.05, 3.63) is 47.0 Å². The van der Waals surface area contributed by atoms with E-state index in [4.69, 9.17) is 17.3 Å². The molecule has 0 amide bonds. The van der Waals surface area contributed by atoms with Crippen molar-refractivity contribution in [3.8, 4) is 5.69 Å². The van der Waals surface area contributed by atoms with Crippen molar-refractivity contribution in [1.29, 1.82) is 0 Å². The molecule has 0 aliphatic carbocycles. The molecule has 0 bridgehead atoms. The number of hydrogen-bond donors (Lipinski definition) is 4. The van der Waals surface area contributed by atoms with E-state index >= 15 is 0 Å². The van der Waals surface area contributed by atoms with Crippen LogP contribution in [0, 0.1) is 4.77 Å². The molecule has 2 aromatic rings. The monoisotopic (exact) mass is 310 g/mol. The Morgan fingerprint density at radius 2 is 1.76 bits per heavy atom. The van der Waals surface area contributed by atoms with Gasteiger partial charge in [0.25, 0.3) is 0 Å². The van der Waals surface area contributed by atoms with Crippen LogP contribution in [0.25, 0.3) is 5.69 Å². The van der Waals surface area contributed by atoms with E-state index in [-0.39, 0.29) is 0 Å². The zero-order valence-corrected chi connectivity index (χ0v) is 12.3. The Hall–Kier alpha value is -1.51. The molecule has 0 saturated heterocycles. The van der Waals surface area contributed by atoms with E-state index in [9.17, 15) is 15.3 Å². The highest BCUT2D eigenvalue weighted by atomic mass is 32.1. The minimum absolute atomic E-state index is 0.341. The number of rotatable bonds is 5. The molecule has 0 spiro atoms. The first-order valence-electron chi connectivity index (χ1n) is 6.46. The maximum absolute atomic E-state index is 10.3. The molecule has 4 N–H and O–H groups in total. The van der Waals surface area contributed by atoms with Crippen LogP contribution in [0.5, 0.6) is 0 Å². The van der Waals surface area contributed by atoms with Gasteiger partial charge in [0.1, 0.15) is 18.3 Å². The van der Waals surface area contributed by atoms with Crippen LogP contribution in [-0.4, -0.2) is 48.4 Å². The topological polar surface area (TPSA) is 90.8 Å². The molecule has 0 unspecified atom stereocenters. The van der Waals surface area contributed by atoms with Gasteiger partial charge in [-0.25, -0.2) is 0 Å². The van der Waals surface area contributed by atoms with Crippen molar-refractivity contribution in [2.24, 2.45) is 7.05 Å². The van der Waals surface area contributed by atoms with E-state index in [0.29, 0.717) is 10.5 Å². The van der Waals surface area contributed by atoms with Gasteiger partial charge in [0.05, 0.1) is 12.3 Å². The van der Waals surface area contributed by atoms with E-state index in [2.05, 4.69) is 0 Å². The molecule has 114 valence electrons. The summed E-state index contributed by atoms with van der Waals surface area (Å²) in [4.78, 5) is 0. The number of nitrogens with zero attached hydrogens (tertiary/aromatic N) is 2. The Bertz CT molecular complexity index is 653. The summed E-state index contributed by atoms with van der Waals surface area (Å²) in [6, 6.07) is 9.16. The van der Waals surface area contributed by atoms with Crippen molar-refractivity contribution in [1.82, 2.24) is 9.13 Å². The van der Waals surface area contributed by atoms with Gasteiger partial charge in [0.2, 0.25) is 0 Å². The summed E-state index contributed by atoms with van der Waals surface area (Å²) in [5, 5.41) is 38.6. The number of aliphatic hydroxyl groups is 4. The number of imidazole rings is 1. The highest BCUT2D eigenvalue weighted by Crippen LogP contribution is 2.24. The molecule has 21 heavy (non-hydrogen) atoms. The van der Waals surface area contributed by atoms with Gasteiger partial charge in [0, 0.05) is 18.9 Å². The third-order valence-corrected chi connectivity index (χ3v) is 3.77. The van der Waals surface area contributed by atoms with Gasteiger partial charge >= 0.3 is 0 Å². The zero-order chi connectivity index (χ0) is 15.6. The second-order valence-electron chi connectivity index (χ2n) is 4.80. The lowest BCUT2D eigenvalue weighted by Gasteiger charge is -2.22. The Labute approximate surface area is 127 Å². The average molecular weight is 310 g/mol. The maximum Gasteiger partial charge on any atom is 0.184 e. The number of aryl methyl sites for hydroxylation is 1. The predicted molar refractivity (Wildman–Crippen MR) is 79.6 cm³/mol. The van der Waals surface area contributed by atoms with Crippen LogP contribution in [0.15, 0.2) is 36.5 Å². The van der Waals surface area contributed by atoms with E-state index in [1.54, 1.807) is 22.4 Å². The normalized spacial score (nSPS) is 15.7. The first-order valence-corrected chi connectivity index (χ1v) is 6.87. The van der Waals surface area contributed by atoms with Gasteiger partial charge in [-0.1, -0.05) is 18.2 Å². The average Bonchev–Trinajstić information content (AvgIpc) is 2.81. The number of aromatic nitrogens is 2. The molecule has 0 aliphatic rings. The molecule has 0 fully saturated rings. The number of hydrogen-bond acceptors (Lipinski definition) is 5. The Kier molecular flexibility index (Phi) is 4.92. The van der Waals surface area contributed by atoms with Crippen molar-refractivity contribution in [2.75, 3.05) is 6.61 Å². The minimum atomic E-state index is -1.51. The van der Waals surface area contributed by atoms with Gasteiger partial charge in [-0.15, -0.1) is 0 Å². The van der Waals surface area contributed by atoms with Crippen molar-refractivity contribution >= 4 is 12.2 Å². The molecule has 1 aromatic heterocycles. The Morgan fingerprint density at radius 1 is 1.14 bits per heavy atom. The highest BCUT2D eigenvalue weighted by molar-refractivity contribution is 7.71. The lowest BCUT2D eigenvalue weighted by Crippen LogP contribution is -2.35. The van der Waals surface area contributed by atoms with Crippen molar-refractivity contribution in [3.63, 3.8) is 0 Å². The first-order chi connectivity index (χ1) is 9.97. The van der Waals surface area contributed by atoms with Crippen LogP contribution in [-0.2, 0) is 7.05 Å². The Morgan fingerprint density at radius 3 is 2.33 bits per heavy atom. The van der Waals surface area contributed by atoms with Crippen LogP contribution in [0.2, 0.25) is 0 Å². The molecule has 0 saturated carbocycles. The van der Waals surface area contributed by atoms with Gasteiger partial charge in [-0.3, -0.25) is 4.57 Å². The van der Waals surface area contributed by atoms with E-state index in [0.717, 1.165) is 5.69 Å². The fourth-order valence-electron chi connectivity index (χ4n) is 2.12. The molecule has 0 radical (unpaired) electrons. The summed E-state index contributed by atoms with van der Waals surface area (Å²) in [6.45, 7) is -0.642. The fourth-order valence-corrected chi connectivity index (χ4v) is 2.38. The second-order valence-corrected chi connectivity index (χ2v) is 5.17. The van der Waals surface area contributed by atoms with Gasteiger partial charge < -0.3 is 25.0 Å². The van der Waals surface area contributed by atoms with Crippen LogP contribution in [0.4, 0.5) is 0 Å². The largest absolute Gasteiger partial charge is 0.394 e. The highest BCUT2D eigenvalue weighted by Gasteiger charge is 2.29. The van der Waals surface area contributed by atoms with Gasteiger partial charge in [-0.2, -0.15) is 0 Å². The molecular weight excluding hydrogens is 292 g/mol. The van der Waals surface area contributed by atoms with Gasteiger partial charge in [-0.05, 0) is 24.4 Å². The molecule has 1 heterocycles. The van der Waals surface area contributed by atoms with Crippen LogP contribution in [0.1, 0.15) is 11.8 Å². The number of para-hydroxylation sites is 1. The quantitative estimate of drug-likeness (QED) is 0.596. The Balaban J connectivity index is 2.51. The van der Waals surface area contributed by atoms with Crippen molar-refractivity contribution in [2.45, 2.75) is 18.3 Å². The molecule has 2 rings (SSSR count). The lowest BCUT2D eigenvalue weighted by molar-refractivity contribution is -0.0794. The summed E-state index contributed by atoms with van der Waals surface area (Å²) in [7, 11) is 1.73. The van der Waals surface area contributed by atoms with E-state index < -0.39 is 24.9 Å². The maximum atomic E-state index is 10.3. The third kappa shape index (κ3) is 3.07. The second kappa shape index (κ2) is 6.50. The first kappa shape index (κ1) is 15.9. The molecular formula is C14H18N2O4S. The summed E-state index contributed by atoms with van der Waals surface area (Å²) in [5.41, 5.74) is 1.08. The third-order valence-electron chi connectivity index (χ3n) is 3.30. The summed E-state index contributed by atoms with van der Waals surface area (Å²) in [5.74, 6) is 0. The summed E-state index contributed by atoms with van der Waals surface area (Å²) < 4.78 is 3.70. The van der Waals surface area contributed by atoms with Crippen LogP contribution >= 0.6 is 12.2 Å². The van der Waals surface area contributed by atoms with E-state index in [1.807, 2.05) is 30.3 Å². The molecule has 1 aromatic carbocycles. The molecule has 0 aliphatic heterocycles. The molecule has 6 nitrogen and oxygen atoms in total. The standard InChI is InChI=1S/C14H18N2O4S/c1-15-7-10(12(19)13(20)11(18)8-17)16(14(15)21)9-5-3-2-4-6-9/h2-7,11-13,17-20H,8H2,1H3/t11-,12-,13+/m1/s1. The van der Waals surface area contributed by atoms with Gasteiger partial charge in [0.15, 0.2) is 4.77 Å². The van der Waals surface area contributed by atoms with Crippen LogP contribution in [0.3, 0.4) is 0 Å². The SMILES string of the molecule is Cn1cc([C@@H](O)[C@@H](O)[C@H](O)CO)n(-c2ccccc2)c1=S. The molecule has 7 heteroatoms. The number of aliphatic hydroxyl groups excluding tert-OH is 4. The number of benzene rings is 1. The predicted octanol–water partition coefficient (Wildman–Crippen LogP) is 0.293. The summed E-state index contributed by atoms with van der Waals surface area (Å²) >= 11 is 5.32. The molecule has 3 atom stereocenters. The van der Waals surface area contributed by atoms with Crippen molar-refractivity contribution < 1.29 is 20.4 Å². The fraction of sp³-hybridized carbons (Fsp3) is 0.357.